The number of rotatable bonds is 3. The molecule has 1 amide bonds. The molecule has 2 N–H and O–H groups in total. The highest BCUT2D eigenvalue weighted by molar-refractivity contribution is 5.82. The Bertz CT molecular complexity index is 497. The lowest BCUT2D eigenvalue weighted by atomic mass is 9.95. The van der Waals surface area contributed by atoms with Crippen molar-refractivity contribution in [3.8, 4) is 0 Å². The summed E-state index contributed by atoms with van der Waals surface area (Å²) in [6.45, 7) is 0. The van der Waals surface area contributed by atoms with Crippen LogP contribution in [0.2, 0.25) is 0 Å². The lowest BCUT2D eigenvalue weighted by Crippen LogP contribution is -2.48. The lowest BCUT2D eigenvalue weighted by Gasteiger charge is -2.31. The van der Waals surface area contributed by atoms with E-state index in [1.807, 2.05) is 30.1 Å². The van der Waals surface area contributed by atoms with Crippen LogP contribution in [0.1, 0.15) is 63.0 Å². The molecule has 126 valence electrons. The van der Waals surface area contributed by atoms with Gasteiger partial charge in [-0.05, 0) is 24.8 Å². The minimum atomic E-state index is -0.115. The van der Waals surface area contributed by atoms with Crippen LogP contribution in [0.5, 0.6) is 0 Å². The number of likely N-dealkylation sites (N-methyl/N-ethyl adjacent to an activating group) is 1. The van der Waals surface area contributed by atoms with Crippen molar-refractivity contribution in [1.29, 1.82) is 0 Å². The molecule has 0 spiro atoms. The molecule has 2 fully saturated rings. The maximum Gasteiger partial charge on any atom is 0.241 e. The molecule has 1 aromatic carbocycles. The zero-order valence-corrected chi connectivity index (χ0v) is 14.1. The Hall–Kier alpha value is -1.39. The van der Waals surface area contributed by atoms with Crippen LogP contribution in [-0.4, -0.2) is 29.9 Å². The molecule has 4 heteroatoms. The zero-order chi connectivity index (χ0) is 16.1. The zero-order valence-electron chi connectivity index (χ0n) is 14.1. The van der Waals surface area contributed by atoms with Gasteiger partial charge in [0.05, 0.1) is 0 Å². The fourth-order valence-electron chi connectivity index (χ4n) is 3.87. The first kappa shape index (κ1) is 16.5. The first-order chi connectivity index (χ1) is 11.3. The second-order valence-electron chi connectivity index (χ2n) is 6.99. The number of benzene rings is 1. The molecule has 1 heterocycles. The van der Waals surface area contributed by atoms with Crippen LogP contribution >= 0.6 is 0 Å². The van der Waals surface area contributed by atoms with E-state index in [0.717, 1.165) is 19.3 Å². The average molecular weight is 315 g/mol. The van der Waals surface area contributed by atoms with E-state index in [1.165, 1.54) is 37.7 Å². The van der Waals surface area contributed by atoms with Crippen molar-refractivity contribution in [1.82, 2.24) is 15.8 Å². The van der Waals surface area contributed by atoms with Gasteiger partial charge in [-0.3, -0.25) is 4.79 Å². The van der Waals surface area contributed by atoms with E-state index in [2.05, 4.69) is 23.0 Å². The van der Waals surface area contributed by atoms with Gasteiger partial charge in [0.2, 0.25) is 5.91 Å². The highest BCUT2D eigenvalue weighted by Crippen LogP contribution is 2.25. The molecule has 0 aromatic heterocycles. The third-order valence-electron chi connectivity index (χ3n) is 5.37. The van der Waals surface area contributed by atoms with Gasteiger partial charge in [-0.1, -0.05) is 62.4 Å². The molecule has 1 aliphatic carbocycles. The second-order valence-corrected chi connectivity index (χ2v) is 6.99. The Morgan fingerprint density at radius 1 is 1.00 bits per heavy atom. The van der Waals surface area contributed by atoms with Gasteiger partial charge in [0, 0.05) is 19.1 Å². The normalized spacial score (nSPS) is 26.5. The van der Waals surface area contributed by atoms with Crippen LogP contribution in [0.3, 0.4) is 0 Å². The summed E-state index contributed by atoms with van der Waals surface area (Å²) in [5.41, 5.74) is 7.74. The van der Waals surface area contributed by atoms with E-state index in [0.29, 0.717) is 6.04 Å². The average Bonchev–Trinajstić information content (AvgIpc) is 3.04. The summed E-state index contributed by atoms with van der Waals surface area (Å²) in [7, 11) is 1.99. The van der Waals surface area contributed by atoms with Crippen molar-refractivity contribution >= 4 is 5.91 Å². The third kappa shape index (κ3) is 4.12. The van der Waals surface area contributed by atoms with Crippen molar-refractivity contribution < 1.29 is 4.79 Å². The van der Waals surface area contributed by atoms with Crippen LogP contribution in [0.4, 0.5) is 0 Å². The van der Waals surface area contributed by atoms with Crippen LogP contribution in [-0.2, 0) is 4.79 Å². The maximum atomic E-state index is 12.8. The minimum absolute atomic E-state index is 0.115. The van der Waals surface area contributed by atoms with E-state index in [-0.39, 0.29) is 18.0 Å². The van der Waals surface area contributed by atoms with Gasteiger partial charge in [0.15, 0.2) is 0 Å². The molecule has 2 aliphatic rings. The predicted octanol–water partition coefficient (Wildman–Crippen LogP) is 3.17. The van der Waals surface area contributed by atoms with E-state index in [4.69, 9.17) is 0 Å². The molecule has 1 saturated carbocycles. The third-order valence-corrected chi connectivity index (χ3v) is 5.37. The van der Waals surface area contributed by atoms with E-state index >= 15 is 0 Å². The summed E-state index contributed by atoms with van der Waals surface area (Å²) >= 11 is 0. The fraction of sp³-hybridized carbons (Fsp3) is 0.632. The summed E-state index contributed by atoms with van der Waals surface area (Å²) in [5, 5.41) is 0. The highest BCUT2D eigenvalue weighted by Gasteiger charge is 2.33. The largest absolute Gasteiger partial charge is 0.341 e. The van der Waals surface area contributed by atoms with Gasteiger partial charge in [-0.25, -0.2) is 10.9 Å². The Balaban J connectivity index is 1.57. The molecule has 1 aliphatic heterocycles. The van der Waals surface area contributed by atoms with Crippen LogP contribution in [0.15, 0.2) is 30.3 Å². The van der Waals surface area contributed by atoms with Crippen molar-refractivity contribution in [3.05, 3.63) is 35.9 Å². The first-order valence-electron chi connectivity index (χ1n) is 9.08. The summed E-state index contributed by atoms with van der Waals surface area (Å²) in [4.78, 5) is 14.9. The highest BCUT2D eigenvalue weighted by atomic mass is 16.2. The van der Waals surface area contributed by atoms with Crippen molar-refractivity contribution in [3.63, 3.8) is 0 Å². The standard InChI is InChI=1S/C19H29N3O/c1-22(16-12-8-3-2-4-9-13-16)19(23)18-14-17(20-21-18)15-10-6-5-7-11-15/h5-7,10-11,16-18,20-21H,2-4,8-9,12-14H2,1H3. The van der Waals surface area contributed by atoms with Crippen molar-refractivity contribution in [2.24, 2.45) is 0 Å². The maximum absolute atomic E-state index is 12.8. The molecule has 0 radical (unpaired) electrons. The topological polar surface area (TPSA) is 44.4 Å². The van der Waals surface area contributed by atoms with Gasteiger partial charge in [-0.15, -0.1) is 0 Å². The van der Waals surface area contributed by atoms with Crippen molar-refractivity contribution in [2.45, 2.75) is 69.5 Å². The van der Waals surface area contributed by atoms with Crippen molar-refractivity contribution in [2.75, 3.05) is 7.05 Å². The molecule has 3 rings (SSSR count). The van der Waals surface area contributed by atoms with E-state index in [1.54, 1.807) is 0 Å². The van der Waals surface area contributed by atoms with E-state index < -0.39 is 0 Å². The number of hydrogen-bond acceptors (Lipinski definition) is 3. The summed E-state index contributed by atoms with van der Waals surface area (Å²) in [6, 6.07) is 10.9. The Morgan fingerprint density at radius 3 is 2.35 bits per heavy atom. The van der Waals surface area contributed by atoms with Gasteiger partial charge in [-0.2, -0.15) is 0 Å². The molecular formula is C19H29N3O. The summed E-state index contributed by atoms with van der Waals surface area (Å²) < 4.78 is 0. The first-order valence-corrected chi connectivity index (χ1v) is 9.08. The van der Waals surface area contributed by atoms with Gasteiger partial charge >= 0.3 is 0 Å². The summed E-state index contributed by atoms with van der Waals surface area (Å²) in [5.74, 6) is 0.238. The number of amides is 1. The van der Waals surface area contributed by atoms with Gasteiger partial charge in [0.25, 0.3) is 0 Å². The van der Waals surface area contributed by atoms with Gasteiger partial charge in [0.1, 0.15) is 6.04 Å². The molecular weight excluding hydrogens is 286 g/mol. The van der Waals surface area contributed by atoms with Crippen LogP contribution in [0.25, 0.3) is 0 Å². The number of hydrogen-bond donors (Lipinski definition) is 2. The van der Waals surface area contributed by atoms with Gasteiger partial charge < -0.3 is 4.90 Å². The lowest BCUT2D eigenvalue weighted by molar-refractivity contribution is -0.134. The molecule has 2 atom stereocenters. The molecule has 1 aromatic rings. The molecule has 2 unspecified atom stereocenters. The minimum Gasteiger partial charge on any atom is -0.341 e. The van der Waals surface area contributed by atoms with Crippen LogP contribution in [0, 0.1) is 0 Å². The Kier molecular flexibility index (Phi) is 5.68. The monoisotopic (exact) mass is 315 g/mol. The number of nitrogens with zero attached hydrogens (tertiary/aromatic N) is 1. The number of hydrazine groups is 1. The summed E-state index contributed by atoms with van der Waals surface area (Å²) in [6.07, 6.45) is 9.64. The Labute approximate surface area is 139 Å². The van der Waals surface area contributed by atoms with Crippen LogP contribution < -0.4 is 10.9 Å². The number of carbonyl (C=O) groups is 1. The SMILES string of the molecule is CN(C(=O)C1CC(c2ccccc2)NN1)C1CCCCCCC1. The second kappa shape index (κ2) is 7.93. The smallest absolute Gasteiger partial charge is 0.241 e. The molecule has 23 heavy (non-hydrogen) atoms. The predicted molar refractivity (Wildman–Crippen MR) is 92.7 cm³/mol. The quantitative estimate of drug-likeness (QED) is 0.900. The fourth-order valence-corrected chi connectivity index (χ4v) is 3.87. The Morgan fingerprint density at radius 2 is 1.65 bits per heavy atom. The number of nitrogens with one attached hydrogen (secondary N) is 2. The molecule has 4 nitrogen and oxygen atoms in total. The van der Waals surface area contributed by atoms with E-state index in [9.17, 15) is 4.79 Å². The number of carbonyl (C=O) groups excluding carboxylic acids is 1. The molecule has 1 saturated heterocycles. The molecule has 0 bridgehead atoms.